The standard InChI is InChI=1S/C14H22N4O/c1-2-7-15-14-16-10-12(11-17-14)13(19)18-8-5-3-4-6-9-18/h10-11H,2-9H2,1H3,(H,15,16,17). The summed E-state index contributed by atoms with van der Waals surface area (Å²) in [6, 6.07) is 0. The Hall–Kier alpha value is -1.65. The summed E-state index contributed by atoms with van der Waals surface area (Å²) in [5, 5.41) is 3.10. The summed E-state index contributed by atoms with van der Waals surface area (Å²) >= 11 is 0. The van der Waals surface area contributed by atoms with E-state index >= 15 is 0 Å². The van der Waals surface area contributed by atoms with Gasteiger partial charge in [0.1, 0.15) is 0 Å². The summed E-state index contributed by atoms with van der Waals surface area (Å²) in [5.74, 6) is 0.651. The number of hydrogen-bond donors (Lipinski definition) is 1. The highest BCUT2D eigenvalue weighted by molar-refractivity contribution is 5.93. The van der Waals surface area contributed by atoms with Gasteiger partial charge in [-0.05, 0) is 19.3 Å². The van der Waals surface area contributed by atoms with E-state index in [9.17, 15) is 4.79 Å². The fraction of sp³-hybridized carbons (Fsp3) is 0.643. The number of carbonyl (C=O) groups is 1. The van der Waals surface area contributed by atoms with Gasteiger partial charge in [0.15, 0.2) is 0 Å². The lowest BCUT2D eigenvalue weighted by atomic mass is 10.2. The van der Waals surface area contributed by atoms with Crippen molar-refractivity contribution in [3.63, 3.8) is 0 Å². The third-order valence-electron chi connectivity index (χ3n) is 3.33. The Bertz CT molecular complexity index is 396. The minimum atomic E-state index is 0.0592. The molecule has 1 fully saturated rings. The fourth-order valence-electron chi connectivity index (χ4n) is 2.22. The van der Waals surface area contributed by atoms with E-state index in [1.807, 2.05) is 4.90 Å². The summed E-state index contributed by atoms with van der Waals surface area (Å²) < 4.78 is 0. The molecule has 2 heterocycles. The van der Waals surface area contributed by atoms with Crippen molar-refractivity contribution in [3.05, 3.63) is 18.0 Å². The number of likely N-dealkylation sites (tertiary alicyclic amines) is 1. The molecule has 0 atom stereocenters. The Kier molecular flexibility index (Phi) is 5.12. The zero-order valence-electron chi connectivity index (χ0n) is 11.6. The molecule has 0 unspecified atom stereocenters. The summed E-state index contributed by atoms with van der Waals surface area (Å²) in [4.78, 5) is 22.6. The molecule has 104 valence electrons. The van der Waals surface area contributed by atoms with E-state index in [1.54, 1.807) is 12.4 Å². The molecule has 1 aliphatic rings. The topological polar surface area (TPSA) is 58.1 Å². The summed E-state index contributed by atoms with van der Waals surface area (Å²) in [6.07, 6.45) is 8.92. The Morgan fingerprint density at radius 3 is 2.42 bits per heavy atom. The van der Waals surface area contributed by atoms with Crippen molar-refractivity contribution in [1.82, 2.24) is 14.9 Å². The van der Waals surface area contributed by atoms with Gasteiger partial charge in [-0.1, -0.05) is 19.8 Å². The Morgan fingerprint density at radius 1 is 1.21 bits per heavy atom. The van der Waals surface area contributed by atoms with Crippen LogP contribution in [0.1, 0.15) is 49.4 Å². The lowest BCUT2D eigenvalue weighted by molar-refractivity contribution is 0.0761. The highest BCUT2D eigenvalue weighted by atomic mass is 16.2. The van der Waals surface area contributed by atoms with Crippen LogP contribution < -0.4 is 5.32 Å². The van der Waals surface area contributed by atoms with Gasteiger partial charge in [-0.2, -0.15) is 0 Å². The fourth-order valence-corrected chi connectivity index (χ4v) is 2.22. The first-order chi connectivity index (χ1) is 9.31. The van der Waals surface area contributed by atoms with Crippen LogP contribution in [0, 0.1) is 0 Å². The van der Waals surface area contributed by atoms with Gasteiger partial charge >= 0.3 is 0 Å². The number of aromatic nitrogens is 2. The zero-order valence-corrected chi connectivity index (χ0v) is 11.6. The first-order valence-electron chi connectivity index (χ1n) is 7.16. The number of nitrogens with zero attached hydrogens (tertiary/aromatic N) is 3. The second-order valence-corrected chi connectivity index (χ2v) is 4.93. The quantitative estimate of drug-likeness (QED) is 0.904. The maximum absolute atomic E-state index is 12.3. The van der Waals surface area contributed by atoms with E-state index < -0.39 is 0 Å². The molecule has 2 rings (SSSR count). The average Bonchev–Trinajstić information content (AvgIpc) is 2.74. The molecule has 0 bridgehead atoms. The number of rotatable bonds is 4. The number of anilines is 1. The number of nitrogens with one attached hydrogen (secondary N) is 1. The van der Waals surface area contributed by atoms with E-state index in [1.165, 1.54) is 12.8 Å². The van der Waals surface area contributed by atoms with E-state index in [2.05, 4.69) is 22.2 Å². The molecule has 0 aliphatic carbocycles. The predicted molar refractivity (Wildman–Crippen MR) is 75.2 cm³/mol. The Morgan fingerprint density at radius 2 is 1.84 bits per heavy atom. The van der Waals surface area contributed by atoms with Crippen molar-refractivity contribution in [2.45, 2.75) is 39.0 Å². The minimum Gasteiger partial charge on any atom is -0.354 e. The molecule has 5 nitrogen and oxygen atoms in total. The lowest BCUT2D eigenvalue weighted by Crippen LogP contribution is -2.32. The van der Waals surface area contributed by atoms with Crippen molar-refractivity contribution in [3.8, 4) is 0 Å². The molecule has 1 aliphatic heterocycles. The van der Waals surface area contributed by atoms with Crippen molar-refractivity contribution in [2.75, 3.05) is 25.0 Å². The largest absolute Gasteiger partial charge is 0.354 e. The minimum absolute atomic E-state index is 0.0592. The number of carbonyl (C=O) groups excluding carboxylic acids is 1. The first kappa shape index (κ1) is 13.8. The van der Waals surface area contributed by atoms with E-state index in [4.69, 9.17) is 0 Å². The van der Waals surface area contributed by atoms with Crippen LogP contribution in [0.2, 0.25) is 0 Å². The average molecular weight is 262 g/mol. The lowest BCUT2D eigenvalue weighted by Gasteiger charge is -2.19. The predicted octanol–water partition coefficient (Wildman–Crippen LogP) is 2.31. The number of amides is 1. The highest BCUT2D eigenvalue weighted by Gasteiger charge is 2.17. The highest BCUT2D eigenvalue weighted by Crippen LogP contribution is 2.13. The van der Waals surface area contributed by atoms with Crippen LogP contribution in [-0.2, 0) is 0 Å². The monoisotopic (exact) mass is 262 g/mol. The smallest absolute Gasteiger partial charge is 0.256 e. The van der Waals surface area contributed by atoms with Gasteiger partial charge in [-0.25, -0.2) is 9.97 Å². The first-order valence-corrected chi connectivity index (χ1v) is 7.16. The van der Waals surface area contributed by atoms with E-state index in [0.29, 0.717) is 11.5 Å². The van der Waals surface area contributed by atoms with E-state index in [-0.39, 0.29) is 5.91 Å². The molecule has 0 spiro atoms. The van der Waals surface area contributed by atoms with Crippen LogP contribution in [-0.4, -0.2) is 40.4 Å². The maximum Gasteiger partial charge on any atom is 0.256 e. The zero-order chi connectivity index (χ0) is 13.5. The van der Waals surface area contributed by atoms with E-state index in [0.717, 1.165) is 38.9 Å². The van der Waals surface area contributed by atoms with Crippen LogP contribution in [0.4, 0.5) is 5.95 Å². The maximum atomic E-state index is 12.3. The molecule has 0 aromatic carbocycles. The van der Waals surface area contributed by atoms with Crippen molar-refractivity contribution >= 4 is 11.9 Å². The molecule has 1 amide bonds. The second-order valence-electron chi connectivity index (χ2n) is 4.93. The van der Waals surface area contributed by atoms with Gasteiger partial charge in [0.05, 0.1) is 5.56 Å². The van der Waals surface area contributed by atoms with Gasteiger partial charge < -0.3 is 10.2 Å². The SMILES string of the molecule is CCCNc1ncc(C(=O)N2CCCCCC2)cn1. The van der Waals surface area contributed by atoms with Crippen molar-refractivity contribution in [2.24, 2.45) is 0 Å². The Balaban J connectivity index is 1.98. The second kappa shape index (κ2) is 7.07. The van der Waals surface area contributed by atoms with Gasteiger partial charge in [-0.3, -0.25) is 4.79 Å². The third kappa shape index (κ3) is 3.91. The molecule has 0 radical (unpaired) electrons. The molecular formula is C14H22N4O. The summed E-state index contributed by atoms with van der Waals surface area (Å²) in [7, 11) is 0. The normalized spacial score (nSPS) is 15.9. The molecular weight excluding hydrogens is 240 g/mol. The van der Waals surface area contributed by atoms with Crippen LogP contribution in [0.5, 0.6) is 0 Å². The van der Waals surface area contributed by atoms with Gasteiger partial charge in [0.25, 0.3) is 5.91 Å². The van der Waals surface area contributed by atoms with Crippen LogP contribution in [0.15, 0.2) is 12.4 Å². The molecule has 5 heteroatoms. The molecule has 19 heavy (non-hydrogen) atoms. The van der Waals surface area contributed by atoms with Crippen LogP contribution in [0.3, 0.4) is 0 Å². The van der Waals surface area contributed by atoms with Crippen LogP contribution >= 0.6 is 0 Å². The summed E-state index contributed by atoms with van der Waals surface area (Å²) in [5.41, 5.74) is 0.587. The third-order valence-corrected chi connectivity index (χ3v) is 3.33. The van der Waals surface area contributed by atoms with Gasteiger partial charge in [-0.15, -0.1) is 0 Å². The summed E-state index contributed by atoms with van der Waals surface area (Å²) in [6.45, 7) is 4.65. The van der Waals surface area contributed by atoms with Crippen molar-refractivity contribution in [1.29, 1.82) is 0 Å². The molecule has 1 aromatic heterocycles. The molecule has 1 aromatic rings. The molecule has 1 N–H and O–H groups in total. The Labute approximate surface area is 114 Å². The molecule has 1 saturated heterocycles. The van der Waals surface area contributed by atoms with Gasteiger partial charge in [0, 0.05) is 32.0 Å². The molecule has 0 saturated carbocycles. The van der Waals surface area contributed by atoms with Crippen molar-refractivity contribution < 1.29 is 4.79 Å². The van der Waals surface area contributed by atoms with Gasteiger partial charge in [0.2, 0.25) is 5.95 Å². The number of hydrogen-bond acceptors (Lipinski definition) is 4. The van der Waals surface area contributed by atoms with Crippen LogP contribution in [0.25, 0.3) is 0 Å².